The molecule has 0 aromatic carbocycles. The van der Waals surface area contributed by atoms with Crippen LogP contribution >= 0.6 is 0 Å². The van der Waals surface area contributed by atoms with Crippen LogP contribution in [0.1, 0.15) is 6.42 Å². The molecule has 0 aliphatic rings. The fourth-order valence-electron chi connectivity index (χ4n) is 0.410. The van der Waals surface area contributed by atoms with Crippen molar-refractivity contribution in [1.29, 1.82) is 0 Å². The molecule has 0 atom stereocenters. The molecule has 0 unspecified atom stereocenters. The summed E-state index contributed by atoms with van der Waals surface area (Å²) in [7, 11) is 0. The van der Waals surface area contributed by atoms with Gasteiger partial charge in [0.05, 0.1) is 0 Å². The van der Waals surface area contributed by atoms with Crippen LogP contribution in [0.4, 0.5) is 0 Å². The average molecular weight is 123 g/mol. The van der Waals surface area contributed by atoms with E-state index in [4.69, 9.17) is 5.73 Å². The largest absolute Gasteiger partial charge is 0.327 e. The van der Waals surface area contributed by atoms with Gasteiger partial charge >= 0.3 is 0 Å². The molecule has 0 rings (SSSR count). The van der Waals surface area contributed by atoms with Crippen LogP contribution in [0.5, 0.6) is 0 Å². The van der Waals surface area contributed by atoms with Crippen LogP contribution in [0.2, 0.25) is 0 Å². The van der Waals surface area contributed by atoms with Crippen molar-refractivity contribution in [3.8, 4) is 0 Å². The van der Waals surface area contributed by atoms with Crippen LogP contribution < -0.4 is 5.73 Å². The van der Waals surface area contributed by atoms with E-state index in [0.717, 1.165) is 6.42 Å². The van der Waals surface area contributed by atoms with Crippen LogP contribution in [0.3, 0.4) is 0 Å². The first-order valence-electron chi connectivity index (χ1n) is 3.04. The van der Waals surface area contributed by atoms with Crippen LogP contribution in [0, 0.1) is 0 Å². The highest BCUT2D eigenvalue weighted by molar-refractivity contribution is 5.04. The first-order valence-corrected chi connectivity index (χ1v) is 3.04. The van der Waals surface area contributed by atoms with Gasteiger partial charge in [-0.3, -0.25) is 0 Å². The van der Waals surface area contributed by atoms with Gasteiger partial charge in [-0.2, -0.15) is 0 Å². The maximum atomic E-state index is 5.20. The summed E-state index contributed by atoms with van der Waals surface area (Å²) in [5.41, 5.74) is 5.20. The maximum absolute atomic E-state index is 5.20. The summed E-state index contributed by atoms with van der Waals surface area (Å²) < 4.78 is 0. The summed E-state index contributed by atoms with van der Waals surface area (Å²) in [6.45, 7) is 4.19. The minimum atomic E-state index is 0.610. The molecule has 0 aromatic rings. The molecule has 2 N–H and O–H groups in total. The van der Waals surface area contributed by atoms with Crippen molar-refractivity contribution in [2.75, 3.05) is 6.54 Å². The highest BCUT2D eigenvalue weighted by Gasteiger charge is 1.64. The minimum absolute atomic E-state index is 0.610. The van der Waals surface area contributed by atoms with Gasteiger partial charge in [0.15, 0.2) is 0 Å². The number of allylic oxidation sites excluding steroid dienone is 4. The molecule has 0 fully saturated rings. The highest BCUT2D eigenvalue weighted by atomic mass is 14.5. The molecule has 0 saturated carbocycles. The lowest BCUT2D eigenvalue weighted by Crippen LogP contribution is -1.91. The van der Waals surface area contributed by atoms with E-state index in [1.165, 1.54) is 0 Å². The van der Waals surface area contributed by atoms with Gasteiger partial charge in [-0.1, -0.05) is 30.4 Å². The Hall–Kier alpha value is -0.820. The van der Waals surface area contributed by atoms with Gasteiger partial charge in [-0.05, 0) is 6.42 Å². The second-order valence-corrected chi connectivity index (χ2v) is 1.62. The van der Waals surface area contributed by atoms with Gasteiger partial charge in [0.25, 0.3) is 0 Å². The quantitative estimate of drug-likeness (QED) is 0.446. The Morgan fingerprint density at radius 2 is 1.89 bits per heavy atom. The van der Waals surface area contributed by atoms with Crippen LogP contribution in [0.25, 0.3) is 0 Å². The monoisotopic (exact) mass is 123 g/mol. The van der Waals surface area contributed by atoms with E-state index in [1.807, 2.05) is 30.4 Å². The van der Waals surface area contributed by atoms with Crippen molar-refractivity contribution >= 4 is 0 Å². The molecule has 0 heterocycles. The Morgan fingerprint density at radius 3 is 2.44 bits per heavy atom. The molecule has 50 valence electrons. The minimum Gasteiger partial charge on any atom is -0.327 e. The zero-order valence-electron chi connectivity index (χ0n) is 5.59. The van der Waals surface area contributed by atoms with Crippen molar-refractivity contribution < 1.29 is 0 Å². The SMILES string of the molecule is C=CC/C=C\C=C/CN. The Kier molecular flexibility index (Phi) is 6.53. The normalized spacial score (nSPS) is 11.2. The highest BCUT2D eigenvalue weighted by Crippen LogP contribution is 1.82. The van der Waals surface area contributed by atoms with Gasteiger partial charge < -0.3 is 5.73 Å². The first kappa shape index (κ1) is 8.18. The van der Waals surface area contributed by atoms with E-state index in [-0.39, 0.29) is 0 Å². The van der Waals surface area contributed by atoms with Crippen molar-refractivity contribution in [2.45, 2.75) is 6.42 Å². The summed E-state index contributed by atoms with van der Waals surface area (Å²) in [5.74, 6) is 0. The Morgan fingerprint density at radius 1 is 1.22 bits per heavy atom. The van der Waals surface area contributed by atoms with Crippen LogP contribution in [-0.4, -0.2) is 6.54 Å². The molecule has 0 radical (unpaired) electrons. The fraction of sp³-hybridized carbons (Fsp3) is 0.250. The summed E-state index contributed by atoms with van der Waals surface area (Å²) in [5, 5.41) is 0. The van der Waals surface area contributed by atoms with Crippen LogP contribution in [0.15, 0.2) is 37.0 Å². The molecular weight excluding hydrogens is 110 g/mol. The lowest BCUT2D eigenvalue weighted by molar-refractivity contribution is 1.25. The van der Waals surface area contributed by atoms with E-state index in [0.29, 0.717) is 6.54 Å². The van der Waals surface area contributed by atoms with E-state index >= 15 is 0 Å². The van der Waals surface area contributed by atoms with E-state index in [1.54, 1.807) is 0 Å². The smallest absolute Gasteiger partial charge is 0.0109 e. The zero-order chi connectivity index (χ0) is 6.95. The predicted octanol–water partition coefficient (Wildman–Crippen LogP) is 1.63. The standard InChI is InChI=1S/C8H13N/c1-2-3-4-5-6-7-8-9/h2,4-7H,1,3,8-9H2/b5-4-,7-6-. The van der Waals surface area contributed by atoms with Crippen molar-refractivity contribution in [1.82, 2.24) is 0 Å². The molecule has 0 aliphatic carbocycles. The third-order valence-electron chi connectivity index (χ3n) is 0.822. The van der Waals surface area contributed by atoms with Gasteiger partial charge in [0, 0.05) is 6.54 Å². The average Bonchev–Trinajstić information content (AvgIpc) is 1.89. The molecule has 1 nitrogen and oxygen atoms in total. The van der Waals surface area contributed by atoms with Crippen molar-refractivity contribution in [3.05, 3.63) is 37.0 Å². The van der Waals surface area contributed by atoms with Gasteiger partial charge in [0.2, 0.25) is 0 Å². The van der Waals surface area contributed by atoms with E-state index < -0.39 is 0 Å². The van der Waals surface area contributed by atoms with E-state index in [9.17, 15) is 0 Å². The molecule has 0 amide bonds. The topological polar surface area (TPSA) is 26.0 Å². The predicted molar refractivity (Wildman–Crippen MR) is 42.1 cm³/mol. The van der Waals surface area contributed by atoms with Gasteiger partial charge in [-0.25, -0.2) is 0 Å². The maximum Gasteiger partial charge on any atom is 0.0109 e. The molecule has 0 saturated heterocycles. The zero-order valence-corrected chi connectivity index (χ0v) is 5.59. The third kappa shape index (κ3) is 7.18. The summed E-state index contributed by atoms with van der Waals surface area (Å²) in [6, 6.07) is 0. The Labute approximate surface area is 56.6 Å². The third-order valence-corrected chi connectivity index (χ3v) is 0.822. The van der Waals surface area contributed by atoms with Gasteiger partial charge in [0.1, 0.15) is 0 Å². The molecule has 0 aromatic heterocycles. The second kappa shape index (κ2) is 7.18. The van der Waals surface area contributed by atoms with Crippen molar-refractivity contribution in [2.24, 2.45) is 5.73 Å². The molecule has 1 heteroatoms. The summed E-state index contributed by atoms with van der Waals surface area (Å²) >= 11 is 0. The fourth-order valence-corrected chi connectivity index (χ4v) is 0.410. The molecule has 0 aliphatic heterocycles. The summed E-state index contributed by atoms with van der Waals surface area (Å²) in [4.78, 5) is 0. The van der Waals surface area contributed by atoms with Crippen LogP contribution in [-0.2, 0) is 0 Å². The Bertz CT molecular complexity index is 112. The number of hydrogen-bond acceptors (Lipinski definition) is 1. The first-order chi connectivity index (χ1) is 4.41. The molecule has 0 bridgehead atoms. The lowest BCUT2D eigenvalue weighted by atomic mass is 10.3. The number of hydrogen-bond donors (Lipinski definition) is 1. The van der Waals surface area contributed by atoms with Crippen molar-refractivity contribution in [3.63, 3.8) is 0 Å². The Balaban J connectivity index is 3.23. The summed E-state index contributed by atoms with van der Waals surface area (Å²) in [6.07, 6.45) is 10.6. The second-order valence-electron chi connectivity index (χ2n) is 1.62. The van der Waals surface area contributed by atoms with E-state index in [2.05, 4.69) is 6.58 Å². The molecule has 0 spiro atoms. The number of nitrogens with two attached hydrogens (primary N) is 1. The number of rotatable bonds is 4. The van der Waals surface area contributed by atoms with Gasteiger partial charge in [-0.15, -0.1) is 6.58 Å². The lowest BCUT2D eigenvalue weighted by Gasteiger charge is -1.76. The molecular formula is C8H13N. The molecule has 9 heavy (non-hydrogen) atoms.